The van der Waals surface area contributed by atoms with Gasteiger partial charge in [0.1, 0.15) is 0 Å². The van der Waals surface area contributed by atoms with Gasteiger partial charge in [0.05, 0.1) is 0 Å². The number of hydrogen-bond acceptors (Lipinski definition) is 0. The van der Waals surface area contributed by atoms with Gasteiger partial charge in [0, 0.05) is 0 Å². The molecule has 2 rings (SSSR count). The summed E-state index contributed by atoms with van der Waals surface area (Å²) in [4.78, 5) is 0. The van der Waals surface area contributed by atoms with E-state index in [2.05, 4.69) is 106 Å². The third kappa shape index (κ3) is 3.52. The van der Waals surface area contributed by atoms with Gasteiger partial charge in [-0.15, -0.1) is 0 Å². The molecule has 0 heterocycles. The Morgan fingerprint density at radius 3 is 1.05 bits per heavy atom. The average Bonchev–Trinajstić information content (AvgIpc) is 2.23. The van der Waals surface area contributed by atoms with Gasteiger partial charge in [-0.3, -0.25) is 0 Å². The molecule has 112 valence electrons. The molecule has 0 aliphatic rings. The van der Waals surface area contributed by atoms with Gasteiger partial charge >= 0.3 is 155 Å². The summed E-state index contributed by atoms with van der Waals surface area (Å²) >= 11 is 5.62. The first-order chi connectivity index (χ1) is 9.64. The number of halogens is 2. The van der Waals surface area contributed by atoms with Crippen molar-refractivity contribution in [1.29, 1.82) is 0 Å². The van der Waals surface area contributed by atoms with Crippen molar-refractivity contribution >= 4 is 55.9 Å². The van der Waals surface area contributed by atoms with Crippen molar-refractivity contribution in [3.63, 3.8) is 0 Å². The van der Waals surface area contributed by atoms with E-state index in [1.54, 1.807) is 8.79 Å². The molecular weight excluding hydrogens is 543 g/mol. The fraction of sp³-hybridized carbons (Fsp3) is 0.333. The zero-order valence-corrected chi connectivity index (χ0v) is 20.0. The van der Waals surface area contributed by atoms with Crippen LogP contribution in [0.4, 0.5) is 0 Å². The van der Waals surface area contributed by atoms with Crippen LogP contribution >= 0.6 is 40.4 Å². The molecular formula is C18H22GeI2. The third-order valence-corrected chi connectivity index (χ3v) is 21.1. The number of hydrogen-bond donors (Lipinski definition) is 0. The fourth-order valence-electron chi connectivity index (χ4n) is 3.48. The van der Waals surface area contributed by atoms with Gasteiger partial charge in [-0.05, 0) is 0 Å². The van der Waals surface area contributed by atoms with Crippen LogP contribution in [0.3, 0.4) is 0 Å². The molecule has 0 aliphatic heterocycles. The van der Waals surface area contributed by atoms with E-state index in [1.807, 2.05) is 0 Å². The normalized spacial score (nSPS) is 11.8. The van der Waals surface area contributed by atoms with E-state index in [0.29, 0.717) is 0 Å². The Morgan fingerprint density at radius 1 is 0.571 bits per heavy atom. The molecule has 0 nitrogen and oxygen atoms in total. The first-order valence-corrected chi connectivity index (χ1v) is 22.1. The van der Waals surface area contributed by atoms with Crippen molar-refractivity contribution < 1.29 is 0 Å². The summed E-state index contributed by atoms with van der Waals surface area (Å²) in [6, 6.07) is 9.38. The minimum absolute atomic E-state index is 1.37. The monoisotopic (exact) mass is 566 g/mol. The molecule has 0 unspecified atom stereocenters. The average molecular weight is 565 g/mol. The molecule has 0 spiro atoms. The molecule has 2 aromatic rings. The number of benzene rings is 2. The van der Waals surface area contributed by atoms with E-state index in [-0.39, 0.29) is 0 Å². The Balaban J connectivity index is 2.74. The molecule has 21 heavy (non-hydrogen) atoms. The van der Waals surface area contributed by atoms with Crippen LogP contribution in [-0.4, -0.2) is 6.65 Å². The van der Waals surface area contributed by atoms with Crippen molar-refractivity contribution in [3.8, 4) is 0 Å². The zero-order chi connectivity index (χ0) is 15.9. The SMILES string of the molecule is Cc1cc(C)[c]([Ge]([I])([I])[c]2c(C)cc(C)cc2C)c(C)c1. The summed E-state index contributed by atoms with van der Waals surface area (Å²) < 4.78 is 3.27. The van der Waals surface area contributed by atoms with E-state index in [4.69, 9.17) is 0 Å². The summed E-state index contributed by atoms with van der Waals surface area (Å²) in [5.41, 5.74) is 8.62. The standard InChI is InChI=1S/C18H22GeI2/c1-11-7-13(3)17(14(4)8-11)19(20,21)18-15(5)9-12(2)10-16(18)6/h7-10H,1-6H3. The van der Waals surface area contributed by atoms with E-state index < -0.39 is 6.65 Å². The van der Waals surface area contributed by atoms with Crippen molar-refractivity contribution in [2.75, 3.05) is 0 Å². The summed E-state index contributed by atoms with van der Waals surface area (Å²) in [6.45, 7) is 11.2. The van der Waals surface area contributed by atoms with Crippen LogP contribution in [0.25, 0.3) is 0 Å². The molecule has 0 amide bonds. The Labute approximate surface area is 153 Å². The van der Waals surface area contributed by atoms with Crippen molar-refractivity contribution in [3.05, 3.63) is 57.6 Å². The predicted octanol–water partition coefficient (Wildman–Crippen LogP) is 4.96. The number of rotatable bonds is 2. The van der Waals surface area contributed by atoms with E-state index in [1.165, 1.54) is 33.4 Å². The van der Waals surface area contributed by atoms with Gasteiger partial charge in [0.15, 0.2) is 0 Å². The summed E-state index contributed by atoms with van der Waals surface area (Å²) in [5, 5.41) is 0. The van der Waals surface area contributed by atoms with Crippen LogP contribution in [0.15, 0.2) is 24.3 Å². The van der Waals surface area contributed by atoms with Crippen LogP contribution in [0.2, 0.25) is 0 Å². The maximum atomic E-state index is 2.81. The molecule has 0 atom stereocenters. The molecule has 2 aromatic carbocycles. The molecule has 0 aliphatic carbocycles. The Kier molecular flexibility index (Phi) is 5.52. The van der Waals surface area contributed by atoms with Gasteiger partial charge in [0.2, 0.25) is 0 Å². The molecule has 0 aromatic heterocycles. The molecule has 0 N–H and O–H groups in total. The van der Waals surface area contributed by atoms with Crippen LogP contribution in [0.1, 0.15) is 33.4 Å². The topological polar surface area (TPSA) is 0 Å². The Hall–Kier alpha value is 0.443. The van der Waals surface area contributed by atoms with Crippen LogP contribution in [0, 0.1) is 41.5 Å². The quantitative estimate of drug-likeness (QED) is 0.357. The van der Waals surface area contributed by atoms with Crippen LogP contribution in [-0.2, 0) is 0 Å². The van der Waals surface area contributed by atoms with Gasteiger partial charge in [-0.25, -0.2) is 0 Å². The Morgan fingerprint density at radius 2 is 0.810 bits per heavy atom. The molecule has 3 heteroatoms. The minimum atomic E-state index is -2.34. The van der Waals surface area contributed by atoms with E-state index in [0.717, 1.165) is 0 Å². The second kappa shape index (κ2) is 6.51. The second-order valence-electron chi connectivity index (χ2n) is 6.12. The number of aryl methyl sites for hydroxylation is 6. The third-order valence-electron chi connectivity index (χ3n) is 3.98. The molecule has 0 saturated carbocycles. The molecule has 0 radical (unpaired) electrons. The Bertz CT molecular complexity index is 597. The fourth-order valence-corrected chi connectivity index (χ4v) is 26.4. The first-order valence-electron chi connectivity index (χ1n) is 7.19. The molecule has 0 fully saturated rings. The summed E-state index contributed by atoms with van der Waals surface area (Å²) in [7, 11) is 0. The zero-order valence-electron chi connectivity index (χ0n) is 13.6. The van der Waals surface area contributed by atoms with Gasteiger partial charge in [0.25, 0.3) is 0 Å². The second-order valence-corrected chi connectivity index (χ2v) is 38.2. The van der Waals surface area contributed by atoms with Crippen molar-refractivity contribution in [1.82, 2.24) is 0 Å². The van der Waals surface area contributed by atoms with Gasteiger partial charge < -0.3 is 0 Å². The predicted molar refractivity (Wildman–Crippen MR) is 114 cm³/mol. The van der Waals surface area contributed by atoms with E-state index in [9.17, 15) is 0 Å². The van der Waals surface area contributed by atoms with Crippen LogP contribution in [0.5, 0.6) is 0 Å². The summed E-state index contributed by atoms with van der Waals surface area (Å²) in [6.07, 6.45) is 0. The summed E-state index contributed by atoms with van der Waals surface area (Å²) in [5.74, 6) is 0. The van der Waals surface area contributed by atoms with Crippen LogP contribution < -0.4 is 8.79 Å². The van der Waals surface area contributed by atoms with Gasteiger partial charge in [-0.1, -0.05) is 0 Å². The maximum absolute atomic E-state index is 2.81. The van der Waals surface area contributed by atoms with Crippen molar-refractivity contribution in [2.24, 2.45) is 0 Å². The van der Waals surface area contributed by atoms with Gasteiger partial charge in [-0.2, -0.15) is 0 Å². The van der Waals surface area contributed by atoms with E-state index >= 15 is 0 Å². The first kappa shape index (κ1) is 17.8. The van der Waals surface area contributed by atoms with Crippen molar-refractivity contribution in [2.45, 2.75) is 41.5 Å². The molecule has 0 bridgehead atoms. The molecule has 0 saturated heterocycles.